The van der Waals surface area contributed by atoms with Gasteiger partial charge in [0.05, 0.1) is 23.1 Å². The first kappa shape index (κ1) is 17.5. The summed E-state index contributed by atoms with van der Waals surface area (Å²) >= 11 is 1.40. The van der Waals surface area contributed by atoms with E-state index in [1.165, 1.54) is 11.8 Å². The van der Waals surface area contributed by atoms with Crippen LogP contribution in [0.5, 0.6) is 0 Å². The van der Waals surface area contributed by atoms with Crippen LogP contribution in [0.2, 0.25) is 0 Å². The standard InChI is InChI=1S/C18H22N4O2S/c1-12(17(24)22-9-5-8-14(11-22)16(19)23)25-18-20-10-15(21-18)13-6-3-2-4-7-13/h2-4,6-7,10,12,14H,5,8-9,11H2,1H3,(H2,19,23)(H,20,21). The van der Waals surface area contributed by atoms with Gasteiger partial charge in [-0.15, -0.1) is 0 Å². The molecule has 3 N–H and O–H groups in total. The van der Waals surface area contributed by atoms with E-state index >= 15 is 0 Å². The second kappa shape index (κ2) is 7.74. The highest BCUT2D eigenvalue weighted by atomic mass is 32.2. The van der Waals surface area contributed by atoms with E-state index in [1.807, 2.05) is 37.3 Å². The number of amides is 2. The van der Waals surface area contributed by atoms with Crippen molar-refractivity contribution in [2.24, 2.45) is 11.7 Å². The maximum atomic E-state index is 12.7. The Labute approximate surface area is 151 Å². The number of carbonyl (C=O) groups excluding carboxylic acids is 2. The minimum absolute atomic E-state index is 0.0219. The number of hydrogen-bond donors (Lipinski definition) is 2. The third kappa shape index (κ3) is 4.22. The number of aromatic amines is 1. The number of piperidine rings is 1. The van der Waals surface area contributed by atoms with Crippen LogP contribution in [0.25, 0.3) is 11.3 Å². The lowest BCUT2D eigenvalue weighted by Gasteiger charge is -2.32. The molecule has 0 aliphatic carbocycles. The number of imidazole rings is 1. The number of nitrogens with one attached hydrogen (secondary N) is 1. The van der Waals surface area contributed by atoms with Crippen LogP contribution in [0.15, 0.2) is 41.7 Å². The zero-order valence-electron chi connectivity index (χ0n) is 14.1. The number of hydrogen-bond acceptors (Lipinski definition) is 4. The minimum Gasteiger partial charge on any atom is -0.369 e. The lowest BCUT2D eigenvalue weighted by Crippen LogP contribution is -2.46. The maximum Gasteiger partial charge on any atom is 0.235 e. The van der Waals surface area contributed by atoms with Gasteiger partial charge >= 0.3 is 0 Å². The summed E-state index contributed by atoms with van der Waals surface area (Å²) in [5.74, 6) is -0.534. The van der Waals surface area contributed by atoms with E-state index in [4.69, 9.17) is 5.73 Å². The van der Waals surface area contributed by atoms with Gasteiger partial charge in [0, 0.05) is 13.1 Å². The molecule has 6 nitrogen and oxygen atoms in total. The molecular weight excluding hydrogens is 336 g/mol. The van der Waals surface area contributed by atoms with Crippen molar-refractivity contribution in [3.05, 3.63) is 36.5 Å². The molecule has 2 heterocycles. The Hall–Kier alpha value is -2.28. The van der Waals surface area contributed by atoms with Crippen molar-refractivity contribution in [1.29, 1.82) is 0 Å². The average Bonchev–Trinajstić information content (AvgIpc) is 3.10. The lowest BCUT2D eigenvalue weighted by atomic mass is 9.97. The summed E-state index contributed by atoms with van der Waals surface area (Å²) in [6.45, 7) is 2.97. The molecule has 1 aromatic carbocycles. The Kier molecular flexibility index (Phi) is 5.43. The molecule has 0 saturated carbocycles. The first-order chi connectivity index (χ1) is 12.0. The summed E-state index contributed by atoms with van der Waals surface area (Å²) < 4.78 is 0. The van der Waals surface area contributed by atoms with Crippen molar-refractivity contribution in [3.63, 3.8) is 0 Å². The predicted molar refractivity (Wildman–Crippen MR) is 97.8 cm³/mol. The van der Waals surface area contributed by atoms with Crippen LogP contribution in [-0.4, -0.2) is 45.0 Å². The molecule has 2 atom stereocenters. The monoisotopic (exact) mass is 358 g/mol. The molecule has 3 rings (SSSR count). The molecule has 1 aliphatic rings. The third-order valence-electron chi connectivity index (χ3n) is 4.41. The molecule has 1 fully saturated rings. The highest BCUT2D eigenvalue weighted by Gasteiger charge is 2.30. The van der Waals surface area contributed by atoms with E-state index in [0.29, 0.717) is 18.2 Å². The van der Waals surface area contributed by atoms with Gasteiger partial charge in [-0.05, 0) is 25.3 Å². The molecule has 2 amide bonds. The van der Waals surface area contributed by atoms with E-state index in [0.717, 1.165) is 24.1 Å². The van der Waals surface area contributed by atoms with Gasteiger partial charge in [0.1, 0.15) is 0 Å². The van der Waals surface area contributed by atoms with Gasteiger partial charge in [0.2, 0.25) is 11.8 Å². The molecule has 132 valence electrons. The number of primary amides is 1. The predicted octanol–water partition coefficient (Wildman–Crippen LogP) is 2.28. The van der Waals surface area contributed by atoms with Crippen LogP contribution in [0.4, 0.5) is 0 Å². The molecule has 1 aromatic heterocycles. The molecule has 2 unspecified atom stereocenters. The molecule has 1 aliphatic heterocycles. The number of aromatic nitrogens is 2. The Morgan fingerprint density at radius 1 is 1.36 bits per heavy atom. The zero-order chi connectivity index (χ0) is 17.8. The second-order valence-electron chi connectivity index (χ2n) is 6.25. The van der Waals surface area contributed by atoms with Crippen LogP contribution >= 0.6 is 11.8 Å². The van der Waals surface area contributed by atoms with E-state index < -0.39 is 0 Å². The Balaban J connectivity index is 1.62. The van der Waals surface area contributed by atoms with Gasteiger partial charge in [-0.2, -0.15) is 0 Å². The highest BCUT2D eigenvalue weighted by molar-refractivity contribution is 8.00. The van der Waals surface area contributed by atoms with Gasteiger partial charge in [-0.1, -0.05) is 42.1 Å². The first-order valence-electron chi connectivity index (χ1n) is 8.40. The van der Waals surface area contributed by atoms with Crippen LogP contribution in [0.1, 0.15) is 19.8 Å². The Bertz CT molecular complexity index is 747. The Morgan fingerprint density at radius 3 is 2.84 bits per heavy atom. The van der Waals surface area contributed by atoms with Crippen molar-refractivity contribution in [2.75, 3.05) is 13.1 Å². The quantitative estimate of drug-likeness (QED) is 0.802. The number of likely N-dealkylation sites (tertiary alicyclic amines) is 1. The van der Waals surface area contributed by atoms with Crippen molar-refractivity contribution in [1.82, 2.24) is 14.9 Å². The van der Waals surface area contributed by atoms with Gasteiger partial charge in [0.15, 0.2) is 5.16 Å². The summed E-state index contributed by atoms with van der Waals surface area (Å²) in [4.78, 5) is 33.4. The minimum atomic E-state index is -0.323. The van der Waals surface area contributed by atoms with Gasteiger partial charge < -0.3 is 15.6 Å². The van der Waals surface area contributed by atoms with Crippen LogP contribution in [0.3, 0.4) is 0 Å². The molecule has 0 radical (unpaired) electrons. The summed E-state index contributed by atoms with van der Waals surface area (Å²) in [5.41, 5.74) is 7.37. The van der Waals surface area contributed by atoms with Crippen LogP contribution < -0.4 is 5.73 Å². The number of nitrogens with two attached hydrogens (primary N) is 1. The van der Waals surface area contributed by atoms with E-state index in [9.17, 15) is 9.59 Å². The number of carbonyl (C=O) groups is 2. The third-order valence-corrected chi connectivity index (χ3v) is 5.39. The second-order valence-corrected chi connectivity index (χ2v) is 7.58. The smallest absolute Gasteiger partial charge is 0.235 e. The summed E-state index contributed by atoms with van der Waals surface area (Å²) in [7, 11) is 0. The Morgan fingerprint density at radius 2 is 2.12 bits per heavy atom. The van der Waals surface area contributed by atoms with Gasteiger partial charge in [-0.25, -0.2) is 4.98 Å². The largest absolute Gasteiger partial charge is 0.369 e. The maximum absolute atomic E-state index is 12.7. The van der Waals surface area contributed by atoms with E-state index in [1.54, 1.807) is 11.1 Å². The van der Waals surface area contributed by atoms with E-state index in [-0.39, 0.29) is 23.0 Å². The lowest BCUT2D eigenvalue weighted by molar-refractivity contribution is -0.134. The molecular formula is C18H22N4O2S. The first-order valence-corrected chi connectivity index (χ1v) is 9.27. The van der Waals surface area contributed by atoms with Gasteiger partial charge in [-0.3, -0.25) is 9.59 Å². The number of nitrogens with zero attached hydrogens (tertiary/aromatic N) is 2. The fraction of sp³-hybridized carbons (Fsp3) is 0.389. The fourth-order valence-corrected chi connectivity index (χ4v) is 3.88. The average molecular weight is 358 g/mol. The summed E-state index contributed by atoms with van der Waals surface area (Å²) in [5, 5.41) is 0.435. The molecule has 25 heavy (non-hydrogen) atoms. The summed E-state index contributed by atoms with van der Waals surface area (Å²) in [6, 6.07) is 9.93. The molecule has 7 heteroatoms. The van der Waals surface area contributed by atoms with Crippen LogP contribution in [0, 0.1) is 5.92 Å². The van der Waals surface area contributed by atoms with Crippen molar-refractivity contribution >= 4 is 23.6 Å². The molecule has 2 aromatic rings. The van der Waals surface area contributed by atoms with Gasteiger partial charge in [0.25, 0.3) is 0 Å². The molecule has 1 saturated heterocycles. The zero-order valence-corrected chi connectivity index (χ0v) is 15.0. The molecule has 0 bridgehead atoms. The number of H-pyrrole nitrogens is 1. The fourth-order valence-electron chi connectivity index (χ4n) is 3.01. The number of benzene rings is 1. The number of rotatable bonds is 5. The van der Waals surface area contributed by atoms with Crippen molar-refractivity contribution in [3.8, 4) is 11.3 Å². The van der Waals surface area contributed by atoms with Crippen molar-refractivity contribution in [2.45, 2.75) is 30.2 Å². The summed E-state index contributed by atoms with van der Waals surface area (Å²) in [6.07, 6.45) is 3.35. The molecule has 0 spiro atoms. The van der Waals surface area contributed by atoms with Crippen LogP contribution in [-0.2, 0) is 9.59 Å². The normalized spacial score (nSPS) is 18.8. The number of thioether (sulfide) groups is 1. The van der Waals surface area contributed by atoms with E-state index in [2.05, 4.69) is 9.97 Å². The SMILES string of the molecule is CC(Sc1ncc(-c2ccccc2)[nH]1)C(=O)N1CCCC(C(N)=O)C1. The highest BCUT2D eigenvalue weighted by Crippen LogP contribution is 2.26. The topological polar surface area (TPSA) is 92.1 Å². The van der Waals surface area contributed by atoms with Crippen molar-refractivity contribution < 1.29 is 9.59 Å².